The largest absolute Gasteiger partial charge is 0.465 e. The molecule has 1 N–H and O–H groups in total. The van der Waals surface area contributed by atoms with Gasteiger partial charge < -0.3 is 10.1 Å². The van der Waals surface area contributed by atoms with Gasteiger partial charge in [-0.25, -0.2) is 13.2 Å². The molecular weight excluding hydrogens is 354 g/mol. The lowest BCUT2D eigenvalue weighted by atomic mass is 10.2. The molecule has 0 atom stereocenters. The van der Waals surface area contributed by atoms with E-state index in [1.54, 1.807) is 0 Å². The zero-order valence-electron chi connectivity index (χ0n) is 12.9. The number of carbonyl (C=O) groups is 2. The van der Waals surface area contributed by atoms with Crippen molar-refractivity contribution in [2.45, 2.75) is 4.90 Å². The Kier molecular flexibility index (Phi) is 5.26. The molecule has 0 fully saturated rings. The molecule has 0 aliphatic rings. The van der Waals surface area contributed by atoms with Gasteiger partial charge in [-0.1, -0.05) is 11.6 Å². The number of hydrogen-bond donors (Lipinski definition) is 1. The number of anilines is 1. The van der Waals surface area contributed by atoms with Crippen LogP contribution in [0.2, 0.25) is 5.02 Å². The predicted molar refractivity (Wildman–Crippen MR) is 90.3 cm³/mol. The second-order valence-corrected chi connectivity index (χ2v) is 7.36. The van der Waals surface area contributed by atoms with Crippen LogP contribution in [0.4, 0.5) is 5.69 Å². The van der Waals surface area contributed by atoms with Gasteiger partial charge in [-0.3, -0.25) is 4.79 Å². The number of methoxy groups -OCH3 is 1. The Bertz CT molecular complexity index is 891. The van der Waals surface area contributed by atoms with Crippen molar-refractivity contribution in [3.05, 3.63) is 58.6 Å². The van der Waals surface area contributed by atoms with Gasteiger partial charge in [0.2, 0.25) is 0 Å². The van der Waals surface area contributed by atoms with Crippen LogP contribution in [-0.2, 0) is 14.6 Å². The van der Waals surface area contributed by atoms with E-state index in [4.69, 9.17) is 11.6 Å². The fraction of sp³-hybridized carbons (Fsp3) is 0.125. The molecule has 24 heavy (non-hydrogen) atoms. The first-order valence-corrected chi connectivity index (χ1v) is 8.98. The number of rotatable bonds is 4. The highest BCUT2D eigenvalue weighted by Crippen LogP contribution is 2.22. The molecule has 0 aliphatic heterocycles. The summed E-state index contributed by atoms with van der Waals surface area (Å²) in [4.78, 5) is 23.7. The Morgan fingerprint density at radius 3 is 2.25 bits per heavy atom. The lowest BCUT2D eigenvalue weighted by Gasteiger charge is -2.09. The van der Waals surface area contributed by atoms with Crippen molar-refractivity contribution in [1.82, 2.24) is 0 Å². The summed E-state index contributed by atoms with van der Waals surface area (Å²) in [6.07, 6.45) is 1.05. The summed E-state index contributed by atoms with van der Waals surface area (Å²) in [6, 6.07) is 9.95. The highest BCUT2D eigenvalue weighted by atomic mass is 35.5. The van der Waals surface area contributed by atoms with Crippen molar-refractivity contribution in [1.29, 1.82) is 0 Å². The first-order chi connectivity index (χ1) is 11.2. The van der Waals surface area contributed by atoms with E-state index in [1.807, 2.05) is 0 Å². The van der Waals surface area contributed by atoms with Crippen LogP contribution in [0.25, 0.3) is 0 Å². The number of ether oxygens (including phenoxy) is 1. The van der Waals surface area contributed by atoms with Gasteiger partial charge in [0, 0.05) is 11.9 Å². The van der Waals surface area contributed by atoms with Crippen LogP contribution in [0.15, 0.2) is 47.4 Å². The van der Waals surface area contributed by atoms with E-state index in [-0.39, 0.29) is 15.5 Å². The molecule has 0 bridgehead atoms. The molecule has 0 aromatic heterocycles. The van der Waals surface area contributed by atoms with Gasteiger partial charge >= 0.3 is 5.97 Å². The summed E-state index contributed by atoms with van der Waals surface area (Å²) in [5.41, 5.74) is 0.803. The number of nitrogens with one attached hydrogen (secondary N) is 1. The van der Waals surface area contributed by atoms with Crippen LogP contribution in [0.5, 0.6) is 0 Å². The van der Waals surface area contributed by atoms with Gasteiger partial charge in [0.25, 0.3) is 5.91 Å². The molecule has 6 nitrogen and oxygen atoms in total. The standard InChI is InChI=1S/C16H14ClNO5S/c1-23-16(20)10-3-5-11(6-4-10)18-15(19)13-9-12(24(2,21)22)7-8-14(13)17/h3-9H,1-2H3,(H,18,19). The minimum absolute atomic E-state index is 0.00177. The molecule has 8 heteroatoms. The Hall–Kier alpha value is -2.38. The normalized spacial score (nSPS) is 11.0. The van der Waals surface area contributed by atoms with Crippen molar-refractivity contribution in [2.75, 3.05) is 18.7 Å². The van der Waals surface area contributed by atoms with Crippen LogP contribution >= 0.6 is 11.6 Å². The van der Waals surface area contributed by atoms with E-state index in [1.165, 1.54) is 49.6 Å². The molecule has 126 valence electrons. The summed E-state index contributed by atoms with van der Waals surface area (Å²) >= 11 is 5.98. The number of amides is 1. The topological polar surface area (TPSA) is 89.5 Å². The molecule has 2 aromatic rings. The third-order valence-corrected chi connectivity index (χ3v) is 4.61. The van der Waals surface area contributed by atoms with Crippen LogP contribution in [0.1, 0.15) is 20.7 Å². The van der Waals surface area contributed by atoms with Crippen LogP contribution < -0.4 is 5.32 Å². The highest BCUT2D eigenvalue weighted by Gasteiger charge is 2.16. The number of esters is 1. The van der Waals surface area contributed by atoms with Crippen LogP contribution in [0.3, 0.4) is 0 Å². The molecule has 0 saturated heterocycles. The molecule has 2 aromatic carbocycles. The van der Waals surface area contributed by atoms with Gasteiger partial charge in [0.15, 0.2) is 9.84 Å². The van der Waals surface area contributed by atoms with E-state index in [0.29, 0.717) is 11.3 Å². The third-order valence-electron chi connectivity index (χ3n) is 3.17. The van der Waals surface area contributed by atoms with E-state index in [2.05, 4.69) is 10.1 Å². The smallest absolute Gasteiger partial charge is 0.337 e. The van der Waals surface area contributed by atoms with Crippen molar-refractivity contribution in [3.8, 4) is 0 Å². The fourth-order valence-electron chi connectivity index (χ4n) is 1.91. The molecule has 0 heterocycles. The summed E-state index contributed by atoms with van der Waals surface area (Å²) in [7, 11) is -2.18. The summed E-state index contributed by atoms with van der Waals surface area (Å²) in [5.74, 6) is -1.05. The lowest BCUT2D eigenvalue weighted by molar-refractivity contribution is 0.0600. The second-order valence-electron chi connectivity index (χ2n) is 4.94. The molecule has 0 radical (unpaired) electrons. The van der Waals surface area contributed by atoms with Gasteiger partial charge in [0.1, 0.15) is 0 Å². The van der Waals surface area contributed by atoms with Crippen molar-refractivity contribution < 1.29 is 22.7 Å². The number of benzene rings is 2. The third kappa shape index (κ3) is 4.12. The summed E-state index contributed by atoms with van der Waals surface area (Å²) < 4.78 is 27.8. The molecule has 1 amide bonds. The fourth-order valence-corrected chi connectivity index (χ4v) is 2.77. The SMILES string of the molecule is COC(=O)c1ccc(NC(=O)c2cc(S(C)(=O)=O)ccc2Cl)cc1. The molecule has 0 spiro atoms. The quantitative estimate of drug-likeness (QED) is 0.839. The van der Waals surface area contributed by atoms with Crippen LogP contribution in [0, 0.1) is 0 Å². The van der Waals surface area contributed by atoms with E-state index >= 15 is 0 Å². The molecule has 0 aliphatic carbocycles. The summed E-state index contributed by atoms with van der Waals surface area (Å²) in [5, 5.41) is 2.72. The number of carbonyl (C=O) groups excluding carboxylic acids is 2. The van der Waals surface area contributed by atoms with Gasteiger partial charge in [0.05, 0.1) is 28.2 Å². The minimum atomic E-state index is -3.46. The highest BCUT2D eigenvalue weighted by molar-refractivity contribution is 7.90. The minimum Gasteiger partial charge on any atom is -0.465 e. The lowest BCUT2D eigenvalue weighted by Crippen LogP contribution is -2.13. The number of sulfone groups is 1. The van der Waals surface area contributed by atoms with Crippen molar-refractivity contribution in [3.63, 3.8) is 0 Å². The Labute approximate surface area is 144 Å². The van der Waals surface area contributed by atoms with Gasteiger partial charge in [-0.05, 0) is 42.5 Å². The van der Waals surface area contributed by atoms with Gasteiger partial charge in [-0.2, -0.15) is 0 Å². The van der Waals surface area contributed by atoms with E-state index in [9.17, 15) is 18.0 Å². The summed E-state index contributed by atoms with van der Waals surface area (Å²) in [6.45, 7) is 0. The monoisotopic (exact) mass is 367 g/mol. The van der Waals surface area contributed by atoms with Gasteiger partial charge in [-0.15, -0.1) is 0 Å². The number of hydrogen-bond acceptors (Lipinski definition) is 5. The Balaban J connectivity index is 2.25. The molecule has 0 unspecified atom stereocenters. The van der Waals surface area contributed by atoms with Crippen molar-refractivity contribution >= 4 is 39.0 Å². The maximum absolute atomic E-state index is 12.3. The first-order valence-electron chi connectivity index (χ1n) is 6.71. The number of halogens is 1. The zero-order chi connectivity index (χ0) is 17.9. The average molecular weight is 368 g/mol. The Morgan fingerprint density at radius 2 is 1.71 bits per heavy atom. The van der Waals surface area contributed by atoms with Crippen molar-refractivity contribution in [2.24, 2.45) is 0 Å². The van der Waals surface area contributed by atoms with Crippen LogP contribution in [-0.4, -0.2) is 33.7 Å². The average Bonchev–Trinajstić information content (AvgIpc) is 2.54. The maximum Gasteiger partial charge on any atom is 0.337 e. The van der Waals surface area contributed by atoms with E-state index < -0.39 is 21.7 Å². The molecule has 0 saturated carbocycles. The van der Waals surface area contributed by atoms with E-state index in [0.717, 1.165) is 6.26 Å². The Morgan fingerprint density at radius 1 is 1.08 bits per heavy atom. The molecule has 2 rings (SSSR count). The molecular formula is C16H14ClNO5S. The maximum atomic E-state index is 12.3. The zero-order valence-corrected chi connectivity index (χ0v) is 14.4. The second kappa shape index (κ2) is 7.02. The first kappa shape index (κ1) is 18.0. The predicted octanol–water partition coefficient (Wildman–Crippen LogP) is 2.78.